The molecule has 0 aromatic carbocycles. The van der Waals surface area contributed by atoms with Gasteiger partial charge in [0.1, 0.15) is 0 Å². The van der Waals surface area contributed by atoms with Crippen molar-refractivity contribution >= 4 is 6.03 Å². The minimum absolute atomic E-state index is 0.0517. The molecule has 2 amide bonds. The summed E-state index contributed by atoms with van der Waals surface area (Å²) in [7, 11) is 0. The van der Waals surface area contributed by atoms with Gasteiger partial charge in [-0.3, -0.25) is 4.90 Å². The molecule has 1 heterocycles. The van der Waals surface area contributed by atoms with Crippen molar-refractivity contribution in [1.82, 2.24) is 15.1 Å². The number of rotatable bonds is 5. The summed E-state index contributed by atoms with van der Waals surface area (Å²) < 4.78 is 0. The van der Waals surface area contributed by atoms with Gasteiger partial charge < -0.3 is 15.3 Å². The highest BCUT2D eigenvalue weighted by Gasteiger charge is 2.32. The lowest BCUT2D eigenvalue weighted by atomic mass is 10.2. The Labute approximate surface area is 109 Å². The number of hydrogen-bond donors (Lipinski definition) is 2. The fourth-order valence-electron chi connectivity index (χ4n) is 2.50. The molecule has 0 radical (unpaired) electrons. The van der Waals surface area contributed by atoms with E-state index in [0.717, 1.165) is 45.1 Å². The van der Waals surface area contributed by atoms with Gasteiger partial charge >= 0.3 is 6.03 Å². The highest BCUT2D eigenvalue weighted by atomic mass is 16.3. The zero-order valence-electron chi connectivity index (χ0n) is 11.3. The molecule has 1 aliphatic carbocycles. The number of urea groups is 1. The standard InChI is InChI=1S/C13H25N3O2/c1-11(3-2-10-17)14-13(18)16-8-6-15(7-9-16)12-4-5-12/h11-12,17H,2-10H2,1H3,(H,14,18). The number of aliphatic hydroxyl groups excluding tert-OH is 1. The summed E-state index contributed by atoms with van der Waals surface area (Å²) in [6.07, 6.45) is 4.26. The Morgan fingerprint density at radius 3 is 2.56 bits per heavy atom. The molecule has 5 nitrogen and oxygen atoms in total. The first-order valence-corrected chi connectivity index (χ1v) is 7.11. The van der Waals surface area contributed by atoms with Crippen LogP contribution in [0.1, 0.15) is 32.6 Å². The van der Waals surface area contributed by atoms with E-state index in [1.54, 1.807) is 0 Å². The van der Waals surface area contributed by atoms with Crippen LogP contribution in [-0.2, 0) is 0 Å². The SMILES string of the molecule is CC(CCCO)NC(=O)N1CCN(C2CC2)CC1. The molecule has 0 aromatic heterocycles. The molecule has 2 N–H and O–H groups in total. The van der Waals surface area contributed by atoms with Crippen molar-refractivity contribution in [3.8, 4) is 0 Å². The van der Waals surface area contributed by atoms with Crippen LogP contribution in [0, 0.1) is 0 Å². The van der Waals surface area contributed by atoms with Crippen molar-refractivity contribution in [3.63, 3.8) is 0 Å². The molecule has 18 heavy (non-hydrogen) atoms. The minimum atomic E-state index is 0.0517. The summed E-state index contributed by atoms with van der Waals surface area (Å²) in [6, 6.07) is 1.00. The van der Waals surface area contributed by atoms with Gasteiger partial charge in [0.15, 0.2) is 0 Å². The molecule has 0 bridgehead atoms. The summed E-state index contributed by atoms with van der Waals surface area (Å²) in [6.45, 7) is 5.91. The molecule has 1 unspecified atom stereocenters. The van der Waals surface area contributed by atoms with E-state index >= 15 is 0 Å². The second-order valence-corrected chi connectivity index (χ2v) is 5.47. The van der Waals surface area contributed by atoms with Gasteiger partial charge in [-0.1, -0.05) is 0 Å². The zero-order chi connectivity index (χ0) is 13.0. The highest BCUT2D eigenvalue weighted by molar-refractivity contribution is 5.74. The molecule has 1 saturated carbocycles. The molecular weight excluding hydrogens is 230 g/mol. The van der Waals surface area contributed by atoms with Crippen molar-refractivity contribution in [2.24, 2.45) is 0 Å². The predicted molar refractivity (Wildman–Crippen MR) is 70.5 cm³/mol. The fourth-order valence-corrected chi connectivity index (χ4v) is 2.50. The number of nitrogens with one attached hydrogen (secondary N) is 1. The van der Waals surface area contributed by atoms with Crippen LogP contribution in [0.4, 0.5) is 4.79 Å². The molecule has 0 spiro atoms. The summed E-state index contributed by atoms with van der Waals surface area (Å²) >= 11 is 0. The Kier molecular flexibility index (Phi) is 4.83. The monoisotopic (exact) mass is 255 g/mol. The quantitative estimate of drug-likeness (QED) is 0.758. The average molecular weight is 255 g/mol. The van der Waals surface area contributed by atoms with Crippen LogP contribution in [0.25, 0.3) is 0 Å². The Bertz CT molecular complexity index is 273. The van der Waals surface area contributed by atoms with Gasteiger partial charge in [-0.2, -0.15) is 0 Å². The number of piperazine rings is 1. The average Bonchev–Trinajstić information content (AvgIpc) is 3.21. The van der Waals surface area contributed by atoms with Gasteiger partial charge in [0.2, 0.25) is 0 Å². The smallest absolute Gasteiger partial charge is 0.317 e. The Balaban J connectivity index is 1.66. The first kappa shape index (κ1) is 13.6. The number of carbonyl (C=O) groups is 1. The molecule has 1 atom stereocenters. The summed E-state index contributed by atoms with van der Waals surface area (Å²) in [4.78, 5) is 16.4. The van der Waals surface area contributed by atoms with E-state index in [1.807, 2.05) is 11.8 Å². The van der Waals surface area contributed by atoms with Gasteiger partial charge in [-0.15, -0.1) is 0 Å². The van der Waals surface area contributed by atoms with Crippen LogP contribution in [-0.4, -0.2) is 65.8 Å². The van der Waals surface area contributed by atoms with Gasteiger partial charge in [0.05, 0.1) is 0 Å². The Morgan fingerprint density at radius 2 is 2.00 bits per heavy atom. The van der Waals surface area contributed by atoms with Gasteiger partial charge in [0.25, 0.3) is 0 Å². The molecule has 0 aromatic rings. The normalized spacial score (nSPS) is 22.9. The van der Waals surface area contributed by atoms with Crippen LogP contribution in [0.2, 0.25) is 0 Å². The van der Waals surface area contributed by atoms with Crippen molar-refractivity contribution in [2.75, 3.05) is 32.8 Å². The number of amides is 2. The molecule has 2 aliphatic rings. The molecule has 5 heteroatoms. The summed E-state index contributed by atoms with van der Waals surface area (Å²) in [5.74, 6) is 0. The van der Waals surface area contributed by atoms with Gasteiger partial charge in [-0.05, 0) is 32.6 Å². The Hall–Kier alpha value is -0.810. The largest absolute Gasteiger partial charge is 0.396 e. The molecule has 2 fully saturated rings. The van der Waals surface area contributed by atoms with Crippen LogP contribution in [0.5, 0.6) is 0 Å². The Morgan fingerprint density at radius 1 is 1.33 bits per heavy atom. The van der Waals surface area contributed by atoms with Gasteiger partial charge in [-0.25, -0.2) is 4.79 Å². The number of carbonyl (C=O) groups excluding carboxylic acids is 1. The molecular formula is C13H25N3O2. The second-order valence-electron chi connectivity index (χ2n) is 5.47. The maximum atomic E-state index is 12.0. The van der Waals surface area contributed by atoms with Crippen LogP contribution >= 0.6 is 0 Å². The highest BCUT2D eigenvalue weighted by Crippen LogP contribution is 2.27. The maximum Gasteiger partial charge on any atom is 0.317 e. The van der Waals surface area contributed by atoms with E-state index < -0.39 is 0 Å². The molecule has 1 aliphatic heterocycles. The van der Waals surface area contributed by atoms with E-state index in [0.29, 0.717) is 0 Å². The lowest BCUT2D eigenvalue weighted by Crippen LogP contribution is -2.53. The van der Waals surface area contributed by atoms with E-state index in [4.69, 9.17) is 5.11 Å². The number of aliphatic hydroxyl groups is 1. The molecule has 104 valence electrons. The topological polar surface area (TPSA) is 55.8 Å². The van der Waals surface area contributed by atoms with Crippen molar-refractivity contribution in [3.05, 3.63) is 0 Å². The minimum Gasteiger partial charge on any atom is -0.396 e. The first-order valence-electron chi connectivity index (χ1n) is 7.11. The predicted octanol–water partition coefficient (Wildman–Crippen LogP) is 0.637. The molecule has 1 saturated heterocycles. The third-order valence-electron chi connectivity index (χ3n) is 3.83. The third-order valence-corrected chi connectivity index (χ3v) is 3.83. The fraction of sp³-hybridized carbons (Fsp3) is 0.923. The second kappa shape index (κ2) is 6.38. The van der Waals surface area contributed by atoms with E-state index in [9.17, 15) is 4.79 Å². The lowest BCUT2D eigenvalue weighted by Gasteiger charge is -2.35. The third kappa shape index (κ3) is 3.85. The van der Waals surface area contributed by atoms with Crippen LogP contribution in [0.15, 0.2) is 0 Å². The van der Waals surface area contributed by atoms with E-state index in [-0.39, 0.29) is 18.7 Å². The summed E-state index contributed by atoms with van der Waals surface area (Å²) in [5, 5.41) is 11.8. The zero-order valence-corrected chi connectivity index (χ0v) is 11.3. The van der Waals surface area contributed by atoms with E-state index in [2.05, 4.69) is 10.2 Å². The van der Waals surface area contributed by atoms with Crippen molar-refractivity contribution in [2.45, 2.75) is 44.7 Å². The van der Waals surface area contributed by atoms with Crippen molar-refractivity contribution in [1.29, 1.82) is 0 Å². The van der Waals surface area contributed by atoms with Gasteiger partial charge in [0, 0.05) is 44.9 Å². The van der Waals surface area contributed by atoms with E-state index in [1.165, 1.54) is 12.8 Å². The first-order chi connectivity index (χ1) is 8.70. The number of nitrogens with zero attached hydrogens (tertiary/aromatic N) is 2. The van der Waals surface area contributed by atoms with Crippen molar-refractivity contribution < 1.29 is 9.90 Å². The number of hydrogen-bond acceptors (Lipinski definition) is 3. The maximum absolute atomic E-state index is 12.0. The summed E-state index contributed by atoms with van der Waals surface area (Å²) in [5.41, 5.74) is 0. The van der Waals surface area contributed by atoms with Crippen LogP contribution < -0.4 is 5.32 Å². The molecule has 2 rings (SSSR count). The van der Waals surface area contributed by atoms with Crippen LogP contribution in [0.3, 0.4) is 0 Å². The lowest BCUT2D eigenvalue weighted by molar-refractivity contribution is 0.132.